The van der Waals surface area contributed by atoms with Crippen molar-refractivity contribution in [3.63, 3.8) is 0 Å². The average Bonchev–Trinajstić information content (AvgIpc) is 2.97. The predicted octanol–water partition coefficient (Wildman–Crippen LogP) is 1.56. The minimum absolute atomic E-state index is 0.0278. The van der Waals surface area contributed by atoms with Crippen LogP contribution in [0.5, 0.6) is 0 Å². The van der Waals surface area contributed by atoms with Gasteiger partial charge in [0.25, 0.3) is 0 Å². The topological polar surface area (TPSA) is 76.6 Å². The maximum Gasteiger partial charge on any atom is 0.225 e. The maximum atomic E-state index is 11.5. The smallest absolute Gasteiger partial charge is 0.225 e. The molecule has 2 saturated heterocycles. The summed E-state index contributed by atoms with van der Waals surface area (Å²) in [7, 11) is 0. The lowest BCUT2D eigenvalue weighted by Crippen LogP contribution is -2.45. The number of nitrogens with zero attached hydrogens (tertiary/aromatic N) is 3. The molecule has 0 atom stereocenters. The van der Waals surface area contributed by atoms with E-state index < -0.39 is 0 Å². The highest BCUT2D eigenvalue weighted by Crippen LogP contribution is 2.32. The van der Waals surface area contributed by atoms with Gasteiger partial charge in [-0.3, -0.25) is 4.79 Å². The fourth-order valence-corrected chi connectivity index (χ4v) is 2.86. The Morgan fingerprint density at radius 2 is 2.00 bits per heavy atom. The van der Waals surface area contributed by atoms with E-state index in [9.17, 15) is 4.79 Å². The van der Waals surface area contributed by atoms with Gasteiger partial charge in [0, 0.05) is 32.4 Å². The van der Waals surface area contributed by atoms with Crippen LogP contribution in [0.1, 0.15) is 32.6 Å². The quantitative estimate of drug-likeness (QED) is 0.909. The minimum atomic E-state index is -0.377. The Kier molecular flexibility index (Phi) is 4.54. The molecule has 7 heteroatoms. The highest BCUT2D eigenvalue weighted by atomic mass is 16.7. The number of amides is 1. The second kappa shape index (κ2) is 6.58. The lowest BCUT2D eigenvalue weighted by atomic mass is 10.0. The van der Waals surface area contributed by atoms with Crippen LogP contribution in [-0.2, 0) is 14.3 Å². The van der Waals surface area contributed by atoms with Gasteiger partial charge >= 0.3 is 0 Å². The molecule has 7 nitrogen and oxygen atoms in total. The third-order valence-corrected chi connectivity index (χ3v) is 4.06. The van der Waals surface area contributed by atoms with Gasteiger partial charge in [0.15, 0.2) is 17.4 Å². The Morgan fingerprint density at radius 1 is 1.27 bits per heavy atom. The lowest BCUT2D eigenvalue weighted by Gasteiger charge is -2.37. The van der Waals surface area contributed by atoms with Crippen molar-refractivity contribution in [2.24, 2.45) is 0 Å². The summed E-state index contributed by atoms with van der Waals surface area (Å²) in [5.74, 6) is 0.914. The summed E-state index contributed by atoms with van der Waals surface area (Å²) < 4.78 is 11.4. The van der Waals surface area contributed by atoms with Crippen LogP contribution in [0.3, 0.4) is 0 Å². The SMILES string of the molecule is CCCC(=O)Nc1ccc(N2CCC3(CC2)OCCO3)nn1. The van der Waals surface area contributed by atoms with Gasteiger partial charge in [-0.1, -0.05) is 6.92 Å². The fraction of sp³-hybridized carbons (Fsp3) is 0.667. The van der Waals surface area contributed by atoms with Crippen LogP contribution in [-0.4, -0.2) is 48.2 Å². The number of piperidine rings is 1. The maximum absolute atomic E-state index is 11.5. The molecule has 1 spiro atoms. The summed E-state index contributed by atoms with van der Waals surface area (Å²) in [4.78, 5) is 13.7. The zero-order chi connectivity index (χ0) is 15.4. The molecule has 0 saturated carbocycles. The van der Waals surface area contributed by atoms with Gasteiger partial charge in [0.2, 0.25) is 5.91 Å². The number of ether oxygens (including phenoxy) is 2. The van der Waals surface area contributed by atoms with Crippen molar-refractivity contribution >= 4 is 17.5 Å². The summed E-state index contributed by atoms with van der Waals surface area (Å²) in [5, 5.41) is 11.0. The molecule has 2 fully saturated rings. The number of hydrogen-bond acceptors (Lipinski definition) is 6. The molecule has 1 aromatic heterocycles. The third-order valence-electron chi connectivity index (χ3n) is 4.06. The van der Waals surface area contributed by atoms with Crippen molar-refractivity contribution in [1.82, 2.24) is 10.2 Å². The first kappa shape index (κ1) is 15.2. The molecule has 0 unspecified atom stereocenters. The molecule has 1 amide bonds. The number of aromatic nitrogens is 2. The van der Waals surface area contributed by atoms with Gasteiger partial charge in [0.05, 0.1) is 13.2 Å². The van der Waals surface area contributed by atoms with Gasteiger partial charge in [-0.25, -0.2) is 0 Å². The fourth-order valence-electron chi connectivity index (χ4n) is 2.86. The van der Waals surface area contributed by atoms with Crippen molar-refractivity contribution in [3.8, 4) is 0 Å². The van der Waals surface area contributed by atoms with E-state index >= 15 is 0 Å². The zero-order valence-corrected chi connectivity index (χ0v) is 12.9. The molecule has 3 rings (SSSR count). The first-order valence-corrected chi connectivity index (χ1v) is 7.87. The molecule has 1 N–H and O–H groups in total. The molecule has 0 aliphatic carbocycles. The highest BCUT2D eigenvalue weighted by molar-refractivity contribution is 5.89. The van der Waals surface area contributed by atoms with Crippen LogP contribution in [0.15, 0.2) is 12.1 Å². The number of carbonyl (C=O) groups is 1. The molecule has 1 aromatic rings. The van der Waals surface area contributed by atoms with Gasteiger partial charge < -0.3 is 19.7 Å². The second-order valence-electron chi connectivity index (χ2n) is 5.67. The van der Waals surface area contributed by atoms with E-state index in [1.807, 2.05) is 13.0 Å². The summed E-state index contributed by atoms with van der Waals surface area (Å²) in [6.07, 6.45) is 2.99. The number of anilines is 2. The second-order valence-corrected chi connectivity index (χ2v) is 5.67. The van der Waals surface area contributed by atoms with Crippen molar-refractivity contribution < 1.29 is 14.3 Å². The number of carbonyl (C=O) groups excluding carboxylic acids is 1. The number of rotatable bonds is 4. The molecule has 0 aromatic carbocycles. The van der Waals surface area contributed by atoms with E-state index in [0.717, 1.165) is 38.2 Å². The molecule has 120 valence electrons. The Hall–Kier alpha value is -1.73. The van der Waals surface area contributed by atoms with Crippen molar-refractivity contribution in [2.45, 2.75) is 38.4 Å². The van der Waals surface area contributed by atoms with E-state index in [1.54, 1.807) is 6.07 Å². The van der Waals surface area contributed by atoms with Crippen molar-refractivity contribution in [2.75, 3.05) is 36.5 Å². The summed E-state index contributed by atoms with van der Waals surface area (Å²) in [5.41, 5.74) is 0. The van der Waals surface area contributed by atoms with Crippen LogP contribution in [0.4, 0.5) is 11.6 Å². The Bertz CT molecular complexity index is 504. The van der Waals surface area contributed by atoms with E-state index in [0.29, 0.717) is 25.5 Å². The third kappa shape index (κ3) is 3.36. The van der Waals surface area contributed by atoms with Crippen molar-refractivity contribution in [1.29, 1.82) is 0 Å². The number of nitrogens with one attached hydrogen (secondary N) is 1. The van der Waals surface area contributed by atoms with Crippen LogP contribution >= 0.6 is 0 Å². The molecule has 22 heavy (non-hydrogen) atoms. The highest BCUT2D eigenvalue weighted by Gasteiger charge is 2.40. The Morgan fingerprint density at radius 3 is 2.59 bits per heavy atom. The van der Waals surface area contributed by atoms with E-state index in [2.05, 4.69) is 20.4 Å². The minimum Gasteiger partial charge on any atom is -0.355 e. The molecule has 0 bridgehead atoms. The van der Waals surface area contributed by atoms with Crippen LogP contribution in [0.25, 0.3) is 0 Å². The first-order chi connectivity index (χ1) is 10.7. The van der Waals surface area contributed by atoms with E-state index in [1.165, 1.54) is 0 Å². The molecule has 2 aliphatic heterocycles. The molecular formula is C15H22N4O3. The van der Waals surface area contributed by atoms with Gasteiger partial charge in [-0.05, 0) is 18.6 Å². The van der Waals surface area contributed by atoms with Gasteiger partial charge in [0.1, 0.15) is 0 Å². The normalized spacial score (nSPS) is 20.3. The van der Waals surface area contributed by atoms with Crippen molar-refractivity contribution in [3.05, 3.63) is 12.1 Å². The van der Waals surface area contributed by atoms with Gasteiger partial charge in [-0.2, -0.15) is 0 Å². The molecule has 3 heterocycles. The largest absolute Gasteiger partial charge is 0.355 e. The standard InChI is InChI=1S/C15H22N4O3/c1-2-3-14(20)16-12-4-5-13(18-17-12)19-8-6-15(7-9-19)21-10-11-22-15/h4-5H,2-3,6-11H2,1H3,(H,16,17,20). The number of hydrogen-bond donors (Lipinski definition) is 1. The molecule has 2 aliphatic rings. The van der Waals surface area contributed by atoms with E-state index in [4.69, 9.17) is 9.47 Å². The zero-order valence-electron chi connectivity index (χ0n) is 12.9. The van der Waals surface area contributed by atoms with Gasteiger partial charge in [-0.15, -0.1) is 10.2 Å². The van der Waals surface area contributed by atoms with Crippen LogP contribution < -0.4 is 10.2 Å². The average molecular weight is 306 g/mol. The summed E-state index contributed by atoms with van der Waals surface area (Å²) in [6.45, 7) is 5.00. The molecular weight excluding hydrogens is 284 g/mol. The summed E-state index contributed by atoms with van der Waals surface area (Å²) in [6, 6.07) is 3.69. The van der Waals surface area contributed by atoms with E-state index in [-0.39, 0.29) is 11.7 Å². The van der Waals surface area contributed by atoms with Crippen LogP contribution in [0.2, 0.25) is 0 Å². The van der Waals surface area contributed by atoms with Crippen LogP contribution in [0, 0.1) is 0 Å². The molecule has 0 radical (unpaired) electrons. The Balaban J connectivity index is 1.56. The lowest BCUT2D eigenvalue weighted by molar-refractivity contribution is -0.169. The predicted molar refractivity (Wildman–Crippen MR) is 81.7 cm³/mol. The first-order valence-electron chi connectivity index (χ1n) is 7.87. The monoisotopic (exact) mass is 306 g/mol. The summed E-state index contributed by atoms with van der Waals surface area (Å²) >= 11 is 0. The Labute approximate surface area is 130 Å².